The van der Waals surface area contributed by atoms with Crippen LogP contribution in [0.4, 0.5) is 0 Å². The van der Waals surface area contributed by atoms with Crippen LogP contribution >= 0.6 is 0 Å². The number of hydrogen-bond acceptors (Lipinski definition) is 5. The summed E-state index contributed by atoms with van der Waals surface area (Å²) in [5.41, 5.74) is 1.52. The zero-order valence-corrected chi connectivity index (χ0v) is 18.1. The van der Waals surface area contributed by atoms with Crippen molar-refractivity contribution in [1.82, 2.24) is 9.80 Å². The molecule has 0 aliphatic carbocycles. The van der Waals surface area contributed by atoms with Crippen molar-refractivity contribution in [3.63, 3.8) is 0 Å². The van der Waals surface area contributed by atoms with Crippen molar-refractivity contribution < 1.29 is 19.4 Å². The van der Waals surface area contributed by atoms with E-state index in [4.69, 9.17) is 9.47 Å². The SMILES string of the molecule is COc1cc(OC)cc(C(=O)N(C)CC2CCN(CC(O)c3ccccc3)CC2)c1. The summed E-state index contributed by atoms with van der Waals surface area (Å²) in [5, 5.41) is 10.5. The molecule has 6 heteroatoms. The molecular weight excluding hydrogens is 380 g/mol. The van der Waals surface area contributed by atoms with Crippen LogP contribution in [0.2, 0.25) is 0 Å². The Bertz CT molecular complexity index is 797. The van der Waals surface area contributed by atoms with Crippen molar-refractivity contribution in [3.8, 4) is 11.5 Å². The Morgan fingerprint density at radius 3 is 2.27 bits per heavy atom. The summed E-state index contributed by atoms with van der Waals surface area (Å²) in [4.78, 5) is 17.0. The van der Waals surface area contributed by atoms with Crippen LogP contribution in [-0.2, 0) is 0 Å². The quantitative estimate of drug-likeness (QED) is 0.721. The van der Waals surface area contributed by atoms with Crippen molar-refractivity contribution in [3.05, 3.63) is 59.7 Å². The fourth-order valence-corrected chi connectivity index (χ4v) is 4.00. The molecule has 1 fully saturated rings. The lowest BCUT2D eigenvalue weighted by molar-refractivity contribution is 0.0681. The van der Waals surface area contributed by atoms with Gasteiger partial charge in [-0.1, -0.05) is 30.3 Å². The van der Waals surface area contributed by atoms with E-state index in [-0.39, 0.29) is 5.91 Å². The van der Waals surface area contributed by atoms with Crippen LogP contribution in [-0.4, -0.2) is 68.3 Å². The summed E-state index contributed by atoms with van der Waals surface area (Å²) < 4.78 is 10.6. The lowest BCUT2D eigenvalue weighted by atomic mass is 9.95. The van der Waals surface area contributed by atoms with Gasteiger partial charge in [0.05, 0.1) is 20.3 Å². The molecule has 1 aliphatic heterocycles. The van der Waals surface area contributed by atoms with Gasteiger partial charge in [0.2, 0.25) is 0 Å². The Kier molecular flexibility index (Phi) is 7.71. The van der Waals surface area contributed by atoms with E-state index in [0.717, 1.165) is 31.5 Å². The van der Waals surface area contributed by atoms with Gasteiger partial charge in [-0.3, -0.25) is 4.79 Å². The number of piperidine rings is 1. The van der Waals surface area contributed by atoms with Gasteiger partial charge in [-0.2, -0.15) is 0 Å². The molecule has 1 atom stereocenters. The molecule has 6 nitrogen and oxygen atoms in total. The highest BCUT2D eigenvalue weighted by Gasteiger charge is 2.24. The molecule has 0 spiro atoms. The molecule has 2 aromatic carbocycles. The maximum Gasteiger partial charge on any atom is 0.253 e. The van der Waals surface area contributed by atoms with E-state index in [1.807, 2.05) is 37.4 Å². The Labute approximate surface area is 179 Å². The Morgan fingerprint density at radius 2 is 1.70 bits per heavy atom. The number of rotatable bonds is 8. The highest BCUT2D eigenvalue weighted by Crippen LogP contribution is 2.25. The molecule has 3 rings (SSSR count). The van der Waals surface area contributed by atoms with Gasteiger partial charge in [0.25, 0.3) is 5.91 Å². The van der Waals surface area contributed by atoms with E-state index in [9.17, 15) is 9.90 Å². The summed E-state index contributed by atoms with van der Waals surface area (Å²) >= 11 is 0. The fraction of sp³-hybridized carbons (Fsp3) is 0.458. The summed E-state index contributed by atoms with van der Waals surface area (Å²) in [5.74, 6) is 1.64. The number of amides is 1. The molecule has 1 unspecified atom stereocenters. The maximum atomic E-state index is 12.9. The minimum atomic E-state index is -0.463. The summed E-state index contributed by atoms with van der Waals surface area (Å²) in [6, 6.07) is 15.0. The molecular formula is C24H32N2O4. The molecule has 1 amide bonds. The van der Waals surface area contributed by atoms with Crippen LogP contribution in [0, 0.1) is 5.92 Å². The van der Waals surface area contributed by atoms with Gasteiger partial charge >= 0.3 is 0 Å². The fourth-order valence-electron chi connectivity index (χ4n) is 4.00. The number of methoxy groups -OCH3 is 2. The third-order valence-corrected chi connectivity index (χ3v) is 5.80. The molecule has 162 valence electrons. The summed E-state index contributed by atoms with van der Waals surface area (Å²) in [6.07, 6.45) is 1.57. The first-order valence-electron chi connectivity index (χ1n) is 10.4. The lowest BCUT2D eigenvalue weighted by Gasteiger charge is -2.35. The molecule has 0 saturated carbocycles. The first-order chi connectivity index (χ1) is 14.5. The van der Waals surface area contributed by atoms with Gasteiger partial charge in [0.1, 0.15) is 11.5 Å². The molecule has 0 bridgehead atoms. The standard InChI is InChI=1S/C24H32N2O4/c1-25(24(28)20-13-21(29-2)15-22(14-20)30-3)16-18-9-11-26(12-10-18)17-23(27)19-7-5-4-6-8-19/h4-8,13-15,18,23,27H,9-12,16-17H2,1-3H3. The number of likely N-dealkylation sites (tertiary alicyclic amines) is 1. The van der Waals surface area contributed by atoms with Crippen LogP contribution in [0.25, 0.3) is 0 Å². The van der Waals surface area contributed by atoms with Crippen molar-refractivity contribution in [2.24, 2.45) is 5.92 Å². The Hall–Kier alpha value is -2.57. The number of hydrogen-bond donors (Lipinski definition) is 1. The predicted octanol–water partition coefficient (Wildman–Crippen LogP) is 3.22. The number of β-amino-alcohol motifs (C(OH)–C–C–N with tert-alkyl or cyclic N) is 1. The van der Waals surface area contributed by atoms with Crippen LogP contribution in [0.1, 0.15) is 34.9 Å². The zero-order chi connectivity index (χ0) is 21.5. The smallest absolute Gasteiger partial charge is 0.253 e. The minimum Gasteiger partial charge on any atom is -0.497 e. The average Bonchev–Trinajstić information content (AvgIpc) is 2.79. The van der Waals surface area contributed by atoms with Gasteiger partial charge in [-0.05, 0) is 49.5 Å². The molecule has 1 heterocycles. The van der Waals surface area contributed by atoms with E-state index < -0.39 is 6.10 Å². The number of aliphatic hydroxyl groups excluding tert-OH is 1. The number of carbonyl (C=O) groups is 1. The average molecular weight is 413 g/mol. The van der Waals surface area contributed by atoms with E-state index in [1.165, 1.54) is 0 Å². The third-order valence-electron chi connectivity index (χ3n) is 5.80. The number of benzene rings is 2. The van der Waals surface area contributed by atoms with E-state index >= 15 is 0 Å². The monoisotopic (exact) mass is 412 g/mol. The summed E-state index contributed by atoms with van der Waals surface area (Å²) in [6.45, 7) is 3.23. The third kappa shape index (κ3) is 5.74. The second-order valence-corrected chi connectivity index (χ2v) is 7.96. The summed E-state index contributed by atoms with van der Waals surface area (Å²) in [7, 11) is 5.00. The maximum absolute atomic E-state index is 12.9. The molecule has 1 aliphatic rings. The topological polar surface area (TPSA) is 62.2 Å². The van der Waals surface area contributed by atoms with Gasteiger partial charge in [-0.15, -0.1) is 0 Å². The zero-order valence-electron chi connectivity index (χ0n) is 18.1. The molecule has 2 aromatic rings. The molecule has 0 radical (unpaired) electrons. The van der Waals surface area contributed by atoms with Crippen LogP contribution in [0.3, 0.4) is 0 Å². The number of ether oxygens (including phenoxy) is 2. The van der Waals surface area contributed by atoms with Crippen LogP contribution in [0.5, 0.6) is 11.5 Å². The first-order valence-corrected chi connectivity index (χ1v) is 10.4. The highest BCUT2D eigenvalue weighted by atomic mass is 16.5. The Balaban J connectivity index is 1.50. The second kappa shape index (κ2) is 10.5. The number of carbonyl (C=O) groups excluding carboxylic acids is 1. The van der Waals surface area contributed by atoms with E-state index in [1.54, 1.807) is 37.3 Å². The van der Waals surface area contributed by atoms with Gasteiger partial charge in [0.15, 0.2) is 0 Å². The van der Waals surface area contributed by atoms with Crippen molar-refractivity contribution in [1.29, 1.82) is 0 Å². The second-order valence-electron chi connectivity index (χ2n) is 7.96. The number of nitrogens with zero attached hydrogens (tertiary/aromatic N) is 2. The minimum absolute atomic E-state index is 0.0332. The van der Waals surface area contributed by atoms with Gasteiger partial charge in [-0.25, -0.2) is 0 Å². The largest absolute Gasteiger partial charge is 0.497 e. The molecule has 1 saturated heterocycles. The Morgan fingerprint density at radius 1 is 1.10 bits per heavy atom. The molecule has 1 N–H and O–H groups in total. The molecule has 0 aromatic heterocycles. The first kappa shape index (κ1) is 22.1. The lowest BCUT2D eigenvalue weighted by Crippen LogP contribution is -2.40. The van der Waals surface area contributed by atoms with Crippen molar-refractivity contribution in [2.75, 3.05) is 47.4 Å². The normalized spacial score (nSPS) is 16.1. The van der Waals surface area contributed by atoms with Gasteiger partial charge < -0.3 is 24.4 Å². The van der Waals surface area contributed by atoms with Crippen molar-refractivity contribution in [2.45, 2.75) is 18.9 Å². The van der Waals surface area contributed by atoms with E-state index in [0.29, 0.717) is 36.1 Å². The molecule has 30 heavy (non-hydrogen) atoms. The van der Waals surface area contributed by atoms with Crippen LogP contribution < -0.4 is 9.47 Å². The van der Waals surface area contributed by atoms with E-state index in [2.05, 4.69) is 4.90 Å². The van der Waals surface area contributed by atoms with Crippen LogP contribution in [0.15, 0.2) is 48.5 Å². The van der Waals surface area contributed by atoms with Crippen molar-refractivity contribution >= 4 is 5.91 Å². The number of aliphatic hydroxyl groups is 1. The highest BCUT2D eigenvalue weighted by molar-refractivity contribution is 5.95. The van der Waals surface area contributed by atoms with Gasteiger partial charge in [0, 0.05) is 31.8 Å². The predicted molar refractivity (Wildman–Crippen MR) is 117 cm³/mol.